The molecule has 0 aromatic heterocycles. The molecular formula is C19H20N2O3. The van der Waals surface area contributed by atoms with Crippen LogP contribution in [0.2, 0.25) is 0 Å². The molecule has 0 fully saturated rings. The maximum Gasteiger partial charge on any atom is 0.230 e. The summed E-state index contributed by atoms with van der Waals surface area (Å²) in [6.07, 6.45) is 1.09. The minimum absolute atomic E-state index is 0.00230. The lowest BCUT2D eigenvalue weighted by Crippen LogP contribution is -2.30. The molecule has 0 unspecified atom stereocenters. The number of carbonyl (C=O) groups is 2. The summed E-state index contributed by atoms with van der Waals surface area (Å²) in [5.74, 6) is 0.614. The van der Waals surface area contributed by atoms with Crippen molar-refractivity contribution in [2.24, 2.45) is 0 Å². The van der Waals surface area contributed by atoms with E-state index in [1.165, 1.54) is 6.92 Å². The van der Waals surface area contributed by atoms with Crippen LogP contribution in [0, 0.1) is 0 Å². The number of rotatable bonds is 5. The van der Waals surface area contributed by atoms with Gasteiger partial charge in [0.15, 0.2) is 0 Å². The van der Waals surface area contributed by atoms with Gasteiger partial charge >= 0.3 is 0 Å². The van der Waals surface area contributed by atoms with Gasteiger partial charge in [-0.15, -0.1) is 0 Å². The minimum Gasteiger partial charge on any atom is -0.493 e. The molecule has 5 nitrogen and oxygen atoms in total. The quantitative estimate of drug-likeness (QED) is 0.920. The van der Waals surface area contributed by atoms with E-state index in [-0.39, 0.29) is 11.8 Å². The number of benzene rings is 2. The number of hydrogen-bond donors (Lipinski definition) is 1. The monoisotopic (exact) mass is 324 g/mol. The van der Waals surface area contributed by atoms with Gasteiger partial charge in [-0.2, -0.15) is 0 Å². The van der Waals surface area contributed by atoms with Crippen molar-refractivity contribution in [2.45, 2.75) is 19.8 Å². The summed E-state index contributed by atoms with van der Waals surface area (Å²) in [5.41, 5.74) is 2.59. The number of nitrogens with zero attached hydrogens (tertiary/aromatic N) is 1. The van der Waals surface area contributed by atoms with Crippen LogP contribution in [0.1, 0.15) is 18.9 Å². The van der Waals surface area contributed by atoms with Crippen LogP contribution in [0.4, 0.5) is 11.4 Å². The van der Waals surface area contributed by atoms with Gasteiger partial charge in [0.05, 0.1) is 24.4 Å². The SMILES string of the molecule is CC(=O)Nc1cccc2c1N(C(=O)CCOc1ccccc1)CC2. The van der Waals surface area contributed by atoms with Crippen LogP contribution in [0.5, 0.6) is 5.75 Å². The number of anilines is 2. The van der Waals surface area contributed by atoms with E-state index in [2.05, 4.69) is 5.32 Å². The molecule has 1 heterocycles. The number of carbonyl (C=O) groups excluding carboxylic acids is 2. The lowest BCUT2D eigenvalue weighted by Gasteiger charge is -2.20. The zero-order valence-corrected chi connectivity index (χ0v) is 13.6. The van der Waals surface area contributed by atoms with Crippen molar-refractivity contribution in [2.75, 3.05) is 23.4 Å². The molecule has 0 spiro atoms. The van der Waals surface area contributed by atoms with Crippen LogP contribution in [0.15, 0.2) is 48.5 Å². The molecular weight excluding hydrogens is 304 g/mol. The third-order valence-electron chi connectivity index (χ3n) is 3.93. The second-order valence-corrected chi connectivity index (χ2v) is 5.70. The van der Waals surface area contributed by atoms with E-state index in [0.717, 1.165) is 23.4 Å². The predicted octanol–water partition coefficient (Wildman–Crippen LogP) is 3.00. The van der Waals surface area contributed by atoms with E-state index < -0.39 is 0 Å². The van der Waals surface area contributed by atoms with Gasteiger partial charge in [0.2, 0.25) is 11.8 Å². The molecule has 0 bridgehead atoms. The van der Waals surface area contributed by atoms with Gasteiger partial charge in [-0.1, -0.05) is 30.3 Å². The largest absolute Gasteiger partial charge is 0.493 e. The van der Waals surface area contributed by atoms with Crippen molar-refractivity contribution in [3.05, 3.63) is 54.1 Å². The van der Waals surface area contributed by atoms with Crippen molar-refractivity contribution < 1.29 is 14.3 Å². The number of nitrogens with one attached hydrogen (secondary N) is 1. The summed E-state index contributed by atoms with van der Waals surface area (Å²) < 4.78 is 5.60. The standard InChI is InChI=1S/C19H20N2O3/c1-14(22)20-17-9-5-6-15-10-12-21(19(15)17)18(23)11-13-24-16-7-3-2-4-8-16/h2-9H,10-13H2,1H3,(H,20,22). The number of fused-ring (bicyclic) bond motifs is 1. The third kappa shape index (κ3) is 3.56. The van der Waals surface area contributed by atoms with E-state index in [9.17, 15) is 9.59 Å². The Bertz CT molecular complexity index is 744. The summed E-state index contributed by atoms with van der Waals surface area (Å²) in [6, 6.07) is 15.2. The molecule has 1 aliphatic heterocycles. The fourth-order valence-electron chi connectivity index (χ4n) is 2.90. The molecule has 124 valence electrons. The van der Waals surface area contributed by atoms with Gasteiger partial charge in [0, 0.05) is 13.5 Å². The zero-order chi connectivity index (χ0) is 16.9. The van der Waals surface area contributed by atoms with Crippen molar-refractivity contribution >= 4 is 23.2 Å². The molecule has 2 amide bonds. The normalized spacial score (nSPS) is 12.6. The van der Waals surface area contributed by atoms with E-state index in [1.54, 1.807) is 4.90 Å². The lowest BCUT2D eigenvalue weighted by atomic mass is 10.1. The Balaban J connectivity index is 1.66. The van der Waals surface area contributed by atoms with Crippen LogP contribution < -0.4 is 15.0 Å². The highest BCUT2D eigenvalue weighted by atomic mass is 16.5. The number of ether oxygens (including phenoxy) is 1. The van der Waals surface area contributed by atoms with Crippen LogP contribution in [0.25, 0.3) is 0 Å². The van der Waals surface area contributed by atoms with Crippen LogP contribution >= 0.6 is 0 Å². The third-order valence-corrected chi connectivity index (χ3v) is 3.93. The highest BCUT2D eigenvalue weighted by molar-refractivity contribution is 6.02. The molecule has 0 saturated carbocycles. The molecule has 1 N–H and O–H groups in total. The second-order valence-electron chi connectivity index (χ2n) is 5.70. The summed E-state index contributed by atoms with van der Waals surface area (Å²) in [6.45, 7) is 2.43. The summed E-state index contributed by atoms with van der Waals surface area (Å²) in [4.78, 5) is 25.7. The van der Waals surface area contributed by atoms with E-state index in [1.807, 2.05) is 48.5 Å². The minimum atomic E-state index is -0.143. The number of amides is 2. The van der Waals surface area contributed by atoms with Crippen LogP contribution in [0.3, 0.4) is 0 Å². The second kappa shape index (κ2) is 7.17. The fourth-order valence-corrected chi connectivity index (χ4v) is 2.90. The Morgan fingerprint density at radius 1 is 1.12 bits per heavy atom. The molecule has 0 saturated heterocycles. The zero-order valence-electron chi connectivity index (χ0n) is 13.6. The maximum atomic E-state index is 12.6. The van der Waals surface area contributed by atoms with E-state index in [4.69, 9.17) is 4.74 Å². The van der Waals surface area contributed by atoms with Crippen LogP contribution in [-0.4, -0.2) is 25.0 Å². The molecule has 0 radical (unpaired) electrons. The van der Waals surface area contributed by atoms with Gasteiger partial charge < -0.3 is 15.0 Å². The van der Waals surface area contributed by atoms with Gasteiger partial charge in [-0.25, -0.2) is 0 Å². The van der Waals surface area contributed by atoms with Crippen molar-refractivity contribution in [1.82, 2.24) is 0 Å². The average Bonchev–Trinajstić information content (AvgIpc) is 3.00. The highest BCUT2D eigenvalue weighted by Gasteiger charge is 2.27. The first-order chi connectivity index (χ1) is 11.6. The lowest BCUT2D eigenvalue weighted by molar-refractivity contribution is -0.119. The Kier molecular flexibility index (Phi) is 4.79. The smallest absolute Gasteiger partial charge is 0.230 e. The molecule has 0 atom stereocenters. The molecule has 1 aliphatic rings. The molecule has 24 heavy (non-hydrogen) atoms. The number of para-hydroxylation sites is 2. The topological polar surface area (TPSA) is 58.6 Å². The van der Waals surface area contributed by atoms with E-state index in [0.29, 0.717) is 25.3 Å². The van der Waals surface area contributed by atoms with Crippen LogP contribution in [-0.2, 0) is 16.0 Å². The van der Waals surface area contributed by atoms with Gasteiger partial charge in [0.25, 0.3) is 0 Å². The summed E-state index contributed by atoms with van der Waals surface area (Å²) in [7, 11) is 0. The first kappa shape index (κ1) is 16.1. The fraction of sp³-hybridized carbons (Fsp3) is 0.263. The highest BCUT2D eigenvalue weighted by Crippen LogP contribution is 2.35. The molecule has 2 aromatic carbocycles. The average molecular weight is 324 g/mol. The summed E-state index contributed by atoms with van der Waals surface area (Å²) in [5, 5.41) is 2.81. The van der Waals surface area contributed by atoms with Gasteiger partial charge in [-0.05, 0) is 30.2 Å². The predicted molar refractivity (Wildman–Crippen MR) is 93.4 cm³/mol. The Labute approximate surface area is 141 Å². The Hall–Kier alpha value is -2.82. The van der Waals surface area contributed by atoms with Gasteiger partial charge in [0.1, 0.15) is 5.75 Å². The Morgan fingerprint density at radius 2 is 1.92 bits per heavy atom. The van der Waals surface area contributed by atoms with E-state index >= 15 is 0 Å². The van der Waals surface area contributed by atoms with Crippen molar-refractivity contribution in [3.8, 4) is 5.75 Å². The van der Waals surface area contributed by atoms with Crippen molar-refractivity contribution in [1.29, 1.82) is 0 Å². The molecule has 2 aromatic rings. The first-order valence-electron chi connectivity index (χ1n) is 8.03. The molecule has 5 heteroatoms. The first-order valence-corrected chi connectivity index (χ1v) is 8.03. The number of hydrogen-bond acceptors (Lipinski definition) is 3. The Morgan fingerprint density at radius 3 is 2.67 bits per heavy atom. The maximum absolute atomic E-state index is 12.6. The molecule has 3 rings (SSSR count). The summed E-state index contributed by atoms with van der Waals surface area (Å²) >= 11 is 0. The van der Waals surface area contributed by atoms with Crippen molar-refractivity contribution in [3.63, 3.8) is 0 Å². The molecule has 0 aliphatic carbocycles. The van der Waals surface area contributed by atoms with Gasteiger partial charge in [-0.3, -0.25) is 9.59 Å².